The Bertz CT molecular complexity index is 829. The smallest absolute Gasteiger partial charge is 0.258 e. The number of aryl methyl sites for hydroxylation is 1. The third-order valence-electron chi connectivity index (χ3n) is 5.12. The topological polar surface area (TPSA) is 75.2 Å². The van der Waals surface area contributed by atoms with Crippen LogP contribution in [0.3, 0.4) is 0 Å². The fourth-order valence-corrected chi connectivity index (χ4v) is 3.34. The maximum atomic E-state index is 12.6. The number of anilines is 1. The molecule has 2 heterocycles. The average molecular weight is 366 g/mol. The molecule has 1 N–H and O–H groups in total. The summed E-state index contributed by atoms with van der Waals surface area (Å²) in [7, 11) is 0. The highest BCUT2D eigenvalue weighted by Gasteiger charge is 2.26. The summed E-state index contributed by atoms with van der Waals surface area (Å²) in [4.78, 5) is 35.6. The molecule has 0 fully saturated rings. The summed E-state index contributed by atoms with van der Waals surface area (Å²) >= 11 is 0. The summed E-state index contributed by atoms with van der Waals surface area (Å²) < 4.78 is 0. The van der Waals surface area contributed by atoms with Gasteiger partial charge in [-0.25, -0.2) is 9.97 Å². The number of carbonyl (C=O) groups excluding carboxylic acids is 2. The second kappa shape index (κ2) is 8.29. The van der Waals surface area contributed by atoms with Crippen LogP contribution in [0.4, 0.5) is 5.95 Å². The maximum absolute atomic E-state index is 12.6. The minimum Gasteiger partial charge on any atom is -0.338 e. The van der Waals surface area contributed by atoms with E-state index >= 15 is 0 Å². The van der Waals surface area contributed by atoms with E-state index in [-0.39, 0.29) is 17.7 Å². The fraction of sp³-hybridized carbons (Fsp3) is 0.429. The van der Waals surface area contributed by atoms with E-state index in [4.69, 9.17) is 0 Å². The normalized spacial score (nSPS) is 13.4. The van der Waals surface area contributed by atoms with Gasteiger partial charge < -0.3 is 4.90 Å². The van der Waals surface area contributed by atoms with Crippen LogP contribution in [0.2, 0.25) is 0 Å². The van der Waals surface area contributed by atoms with Crippen LogP contribution in [0.15, 0.2) is 30.5 Å². The van der Waals surface area contributed by atoms with E-state index in [1.54, 1.807) is 18.3 Å². The lowest BCUT2D eigenvalue weighted by Gasteiger charge is -2.30. The van der Waals surface area contributed by atoms with Crippen molar-refractivity contribution in [3.05, 3.63) is 52.8 Å². The Morgan fingerprint density at radius 2 is 1.89 bits per heavy atom. The molecular weight excluding hydrogens is 340 g/mol. The van der Waals surface area contributed by atoms with Crippen molar-refractivity contribution >= 4 is 17.8 Å². The van der Waals surface area contributed by atoms with Crippen LogP contribution in [-0.4, -0.2) is 33.2 Å². The Balaban J connectivity index is 1.69. The molecule has 27 heavy (non-hydrogen) atoms. The molecule has 0 unspecified atom stereocenters. The van der Waals surface area contributed by atoms with Gasteiger partial charge in [-0.05, 0) is 31.9 Å². The number of nitrogens with one attached hydrogen (secondary N) is 1. The number of amides is 2. The second-order valence-electron chi connectivity index (χ2n) is 7.01. The molecule has 0 saturated carbocycles. The Hall–Kier alpha value is -2.76. The van der Waals surface area contributed by atoms with Crippen LogP contribution in [0, 0.1) is 12.8 Å². The Kier molecular flexibility index (Phi) is 5.84. The van der Waals surface area contributed by atoms with Gasteiger partial charge in [0.2, 0.25) is 11.9 Å². The number of benzene rings is 1. The Labute approximate surface area is 160 Å². The first-order valence-electron chi connectivity index (χ1n) is 9.53. The molecule has 2 amide bonds. The number of carbonyl (C=O) groups is 2. The minimum atomic E-state index is -0.226. The van der Waals surface area contributed by atoms with Gasteiger partial charge in [-0.3, -0.25) is 14.9 Å². The molecule has 0 aliphatic carbocycles. The first-order valence-corrected chi connectivity index (χ1v) is 9.53. The summed E-state index contributed by atoms with van der Waals surface area (Å²) in [5.74, 6) is 0.373. The molecule has 1 aromatic heterocycles. The van der Waals surface area contributed by atoms with Gasteiger partial charge in [0.05, 0.1) is 5.69 Å². The van der Waals surface area contributed by atoms with E-state index in [0.29, 0.717) is 31.0 Å². The fourth-order valence-electron chi connectivity index (χ4n) is 3.34. The maximum Gasteiger partial charge on any atom is 0.258 e. The van der Waals surface area contributed by atoms with Crippen LogP contribution < -0.4 is 5.32 Å². The molecular formula is C21H26N4O2. The highest BCUT2D eigenvalue weighted by molar-refractivity contribution is 6.03. The number of hydrogen-bond donors (Lipinski definition) is 1. The van der Waals surface area contributed by atoms with Crippen molar-refractivity contribution in [1.82, 2.24) is 14.9 Å². The zero-order valence-electron chi connectivity index (χ0n) is 16.2. The summed E-state index contributed by atoms with van der Waals surface area (Å²) in [5.41, 5.74) is 3.53. The third kappa shape index (κ3) is 4.32. The molecule has 3 rings (SSSR count). The predicted octanol–water partition coefficient (Wildman–Crippen LogP) is 3.36. The molecule has 1 aliphatic rings. The van der Waals surface area contributed by atoms with Gasteiger partial charge in [-0.2, -0.15) is 0 Å². The van der Waals surface area contributed by atoms with Crippen molar-refractivity contribution < 1.29 is 9.59 Å². The summed E-state index contributed by atoms with van der Waals surface area (Å²) in [5, 5.41) is 2.76. The van der Waals surface area contributed by atoms with Gasteiger partial charge in [0.15, 0.2) is 0 Å². The van der Waals surface area contributed by atoms with E-state index in [9.17, 15) is 9.59 Å². The lowest BCUT2D eigenvalue weighted by Crippen LogP contribution is -2.40. The molecule has 0 bridgehead atoms. The largest absolute Gasteiger partial charge is 0.338 e. The SMILES string of the molecule is CCC(CC)C(=O)N1CCc2nc(NC(=O)c3ccc(C)cc3)ncc2C1. The average Bonchev–Trinajstić information content (AvgIpc) is 2.69. The van der Waals surface area contributed by atoms with Crippen molar-refractivity contribution in [3.63, 3.8) is 0 Å². The van der Waals surface area contributed by atoms with Crippen molar-refractivity contribution in [2.45, 2.75) is 46.6 Å². The molecule has 1 aromatic carbocycles. The van der Waals surface area contributed by atoms with Crippen molar-refractivity contribution in [2.75, 3.05) is 11.9 Å². The second-order valence-corrected chi connectivity index (χ2v) is 7.01. The van der Waals surface area contributed by atoms with Gasteiger partial charge in [0.25, 0.3) is 5.91 Å². The predicted molar refractivity (Wildman–Crippen MR) is 104 cm³/mol. The van der Waals surface area contributed by atoms with E-state index < -0.39 is 0 Å². The highest BCUT2D eigenvalue weighted by atomic mass is 16.2. The van der Waals surface area contributed by atoms with Gasteiger partial charge in [-0.15, -0.1) is 0 Å². The van der Waals surface area contributed by atoms with Crippen molar-refractivity contribution in [3.8, 4) is 0 Å². The van der Waals surface area contributed by atoms with Crippen molar-refractivity contribution in [2.24, 2.45) is 5.92 Å². The van der Waals surface area contributed by atoms with E-state index in [1.165, 1.54) is 0 Å². The van der Waals surface area contributed by atoms with Crippen LogP contribution in [0.5, 0.6) is 0 Å². The summed E-state index contributed by atoms with van der Waals surface area (Å²) in [6.07, 6.45) is 4.12. The zero-order valence-corrected chi connectivity index (χ0v) is 16.2. The molecule has 1 aliphatic heterocycles. The van der Waals surface area contributed by atoms with Crippen LogP contribution in [-0.2, 0) is 17.8 Å². The first kappa shape index (κ1) is 19.0. The van der Waals surface area contributed by atoms with Crippen molar-refractivity contribution in [1.29, 1.82) is 0 Å². The van der Waals surface area contributed by atoms with Gasteiger partial charge in [0.1, 0.15) is 0 Å². The van der Waals surface area contributed by atoms with E-state index in [0.717, 1.165) is 29.7 Å². The molecule has 0 atom stereocenters. The number of hydrogen-bond acceptors (Lipinski definition) is 4. The van der Waals surface area contributed by atoms with Crippen LogP contribution in [0.25, 0.3) is 0 Å². The van der Waals surface area contributed by atoms with E-state index in [1.807, 2.05) is 24.0 Å². The Morgan fingerprint density at radius 3 is 2.56 bits per heavy atom. The number of fused-ring (bicyclic) bond motifs is 1. The van der Waals surface area contributed by atoms with Gasteiger partial charge in [-0.1, -0.05) is 31.5 Å². The quantitative estimate of drug-likeness (QED) is 0.880. The summed E-state index contributed by atoms with van der Waals surface area (Å²) in [6, 6.07) is 7.36. The van der Waals surface area contributed by atoms with Crippen LogP contribution >= 0.6 is 0 Å². The lowest BCUT2D eigenvalue weighted by atomic mass is 9.99. The molecule has 2 aromatic rings. The lowest BCUT2D eigenvalue weighted by molar-refractivity contribution is -0.136. The standard InChI is InChI=1S/C21H26N4O2/c1-4-15(5-2)20(27)25-11-10-18-17(13-25)12-22-21(23-18)24-19(26)16-8-6-14(3)7-9-16/h6-9,12,15H,4-5,10-11,13H2,1-3H3,(H,22,23,24,26). The number of nitrogens with zero attached hydrogens (tertiary/aromatic N) is 3. The minimum absolute atomic E-state index is 0.0838. The molecule has 142 valence electrons. The number of aromatic nitrogens is 2. The summed E-state index contributed by atoms with van der Waals surface area (Å²) in [6.45, 7) is 7.28. The molecule has 0 saturated heterocycles. The monoisotopic (exact) mass is 366 g/mol. The molecule has 0 radical (unpaired) electrons. The molecule has 6 heteroatoms. The van der Waals surface area contributed by atoms with E-state index in [2.05, 4.69) is 29.1 Å². The highest BCUT2D eigenvalue weighted by Crippen LogP contribution is 2.21. The van der Waals surface area contributed by atoms with Gasteiger partial charge >= 0.3 is 0 Å². The third-order valence-corrected chi connectivity index (χ3v) is 5.12. The number of rotatable bonds is 5. The Morgan fingerprint density at radius 1 is 1.19 bits per heavy atom. The zero-order chi connectivity index (χ0) is 19.4. The molecule has 6 nitrogen and oxygen atoms in total. The van der Waals surface area contributed by atoms with Gasteiger partial charge in [0, 0.05) is 42.8 Å². The molecule has 0 spiro atoms. The first-order chi connectivity index (χ1) is 13.0. The van der Waals surface area contributed by atoms with Crippen LogP contribution in [0.1, 0.15) is 53.9 Å².